The summed E-state index contributed by atoms with van der Waals surface area (Å²) in [6, 6.07) is 16.8. The number of carbonyl (C=O) groups excluding carboxylic acids is 4. The van der Waals surface area contributed by atoms with Gasteiger partial charge in [-0.15, -0.1) is 17.9 Å². The Morgan fingerprint density at radius 3 is 2.06 bits per heavy atom. The van der Waals surface area contributed by atoms with Gasteiger partial charge in [0.2, 0.25) is 11.8 Å². The zero-order chi connectivity index (χ0) is 57.8. The van der Waals surface area contributed by atoms with Crippen molar-refractivity contribution in [3.63, 3.8) is 0 Å². The molecule has 3 aromatic carbocycles. The lowest BCUT2D eigenvalue weighted by atomic mass is 9.77. The summed E-state index contributed by atoms with van der Waals surface area (Å²) in [4.78, 5) is 68.6. The number of nitrogens with zero attached hydrogens (tertiary/aromatic N) is 3. The van der Waals surface area contributed by atoms with E-state index in [1.54, 1.807) is 83.3 Å². The summed E-state index contributed by atoms with van der Waals surface area (Å²) in [5.41, 5.74) is 2.16. The van der Waals surface area contributed by atoms with Gasteiger partial charge in [-0.05, 0) is 119 Å². The number of ketones is 1. The highest BCUT2D eigenvalue weighted by atomic mass is 32.2. The summed E-state index contributed by atoms with van der Waals surface area (Å²) in [5, 5.41) is 11.4. The molecule has 5 aromatic rings. The maximum Gasteiger partial charge on any atom is 0.409 e. The number of thiazole rings is 1. The minimum absolute atomic E-state index is 0.0178. The number of amides is 2. The fourth-order valence-corrected chi connectivity index (χ4v) is 12.5. The second kappa shape index (κ2) is 24.4. The maximum atomic E-state index is 15.0. The average Bonchev–Trinajstić information content (AvgIpc) is 3.92. The number of Topliss-reactive ketones (excluding diaryl/α,β-unsaturated/α-hetero) is 1. The minimum Gasteiger partial charge on any atom is -0.497 e. The van der Waals surface area contributed by atoms with Crippen molar-refractivity contribution >= 4 is 71.5 Å². The number of methoxy groups -OCH3 is 1. The molecule has 3 aliphatic rings. The van der Waals surface area contributed by atoms with Crippen molar-refractivity contribution in [2.24, 2.45) is 27.8 Å². The number of fused-ring (bicyclic) bond motifs is 1. The number of rotatable bonds is 20. The lowest BCUT2D eigenvalue weighted by Gasteiger charge is -2.35. The van der Waals surface area contributed by atoms with Gasteiger partial charge in [0, 0.05) is 41.8 Å². The highest BCUT2D eigenvalue weighted by Gasteiger charge is 2.61. The Hall–Kier alpha value is -6.62. The number of aromatic nitrogens is 2. The number of anilines is 1. The van der Waals surface area contributed by atoms with E-state index in [0.29, 0.717) is 50.7 Å². The Labute approximate surface area is 467 Å². The van der Waals surface area contributed by atoms with E-state index in [2.05, 4.69) is 20.8 Å². The number of hydrogen-bond donors (Lipinski definition) is 3. The van der Waals surface area contributed by atoms with Crippen molar-refractivity contribution in [2.75, 3.05) is 19.0 Å². The summed E-state index contributed by atoms with van der Waals surface area (Å²) in [5.74, 6) is -2.22. The van der Waals surface area contributed by atoms with E-state index in [4.69, 9.17) is 33.5 Å². The molecule has 2 aliphatic carbocycles. The molecule has 3 fully saturated rings. The number of ether oxygens (including phenoxy) is 3. The molecule has 0 unspecified atom stereocenters. The fourth-order valence-electron chi connectivity index (χ4n) is 10.2. The van der Waals surface area contributed by atoms with Crippen LogP contribution in [0.15, 0.2) is 78.7 Å². The molecule has 5 atom stereocenters. The normalized spacial score (nSPS) is 19.7. The van der Waals surface area contributed by atoms with Gasteiger partial charge in [-0.1, -0.05) is 63.2 Å². The third-order valence-corrected chi connectivity index (χ3v) is 16.5. The van der Waals surface area contributed by atoms with Crippen LogP contribution in [0, 0.1) is 50.4 Å². The summed E-state index contributed by atoms with van der Waals surface area (Å²) in [7, 11) is -7.02. The minimum atomic E-state index is -4.67. The number of allylic oxidation sites excluding steroid dienone is 1. The molecule has 0 bridgehead atoms. The third-order valence-electron chi connectivity index (χ3n) is 14.5. The first-order chi connectivity index (χ1) is 37.1. The van der Waals surface area contributed by atoms with Gasteiger partial charge in [-0.3, -0.25) is 19.2 Å². The number of benzene rings is 3. The van der Waals surface area contributed by atoms with E-state index in [0.717, 1.165) is 41.9 Å². The second-order valence-electron chi connectivity index (χ2n) is 22.1. The van der Waals surface area contributed by atoms with Crippen LogP contribution < -0.4 is 33.0 Å². The van der Waals surface area contributed by atoms with Crippen molar-refractivity contribution in [3.05, 3.63) is 101 Å². The van der Waals surface area contributed by atoms with Crippen molar-refractivity contribution in [2.45, 2.75) is 138 Å². The van der Waals surface area contributed by atoms with Gasteiger partial charge in [0.15, 0.2) is 10.9 Å². The molecule has 0 radical (unpaired) electrons. The largest absolute Gasteiger partial charge is 0.497 e. The number of aryl methyl sites for hydroxylation is 4. The lowest BCUT2D eigenvalue weighted by Crippen LogP contribution is -2.48. The Balaban J connectivity index is 0.000000609. The Bertz CT molecular complexity index is 3290. The standard InChI is InChI=1S/C49H61N5O10S2.C8H11NO3S/c1-10-31-24-49(31,46(58)53-66(59,60)64-44-29(4)14-13-15-30(44)5)25-41(55)40-21-34(26-54(40)45(57)36(48(6,7)8)22-43(56)63-32-16-11-12-17-32)62-42-23-38(39-27-65-47(52-39)50-28(2)3)51-37-20-33(61-9)18-19-35(37)42;1-6-4-3-5-7(2)8(6)12-13(9,10)11/h10,13-15,18-20,23,27-28,31-32,34,36,40H,1,11-12,16-17,21-22,24-26H2,2-9H3,(H,50,52)(H,53,58);3-5H,1-2H3,(H2,9,10,11)/t31-,34-,36-,40+,49-;/m1./s1. The number of likely N-dealkylation sites (tertiary alicyclic amines) is 1. The molecule has 2 saturated carbocycles. The van der Waals surface area contributed by atoms with E-state index in [1.165, 1.54) is 22.3 Å². The van der Waals surface area contributed by atoms with Crippen LogP contribution in [0.3, 0.4) is 0 Å². The smallest absolute Gasteiger partial charge is 0.409 e. The number of hydrogen-bond acceptors (Lipinski definition) is 17. The van der Waals surface area contributed by atoms with E-state index in [9.17, 15) is 31.2 Å². The van der Waals surface area contributed by atoms with Gasteiger partial charge < -0.3 is 32.8 Å². The van der Waals surface area contributed by atoms with Gasteiger partial charge in [0.05, 0.1) is 48.7 Å². The van der Waals surface area contributed by atoms with E-state index in [1.807, 2.05) is 52.1 Å². The quantitative estimate of drug-likeness (QED) is 0.0484. The number of para-hydroxylation sites is 2. The summed E-state index contributed by atoms with van der Waals surface area (Å²) < 4.78 is 78.3. The Morgan fingerprint density at radius 1 is 0.886 bits per heavy atom. The molecule has 2 amide bonds. The summed E-state index contributed by atoms with van der Waals surface area (Å²) in [6.07, 6.45) is 3.73. The van der Waals surface area contributed by atoms with Crippen molar-refractivity contribution < 1.29 is 58.6 Å². The SMILES string of the molecule is C=C[C@@H]1C[C@]1(CC(=O)[C@@H]1C[C@@H](Oc2cc(-c3csc(NC(C)C)n3)nc3cc(OC)ccc23)CN1C(=O)[C@@H](CC(=O)OC1CCCC1)C(C)(C)C)C(=O)NS(=O)(=O)Oc1c(C)cccc1C.Cc1cccc(C)c1OS(N)(=O)=O. The monoisotopic (exact) mass is 1140 g/mol. The number of nitrogens with one attached hydrogen (secondary N) is 2. The number of carbonyl (C=O) groups is 4. The molecule has 426 valence electrons. The maximum absolute atomic E-state index is 15.0. The van der Waals surface area contributed by atoms with Crippen LogP contribution in [-0.2, 0) is 44.5 Å². The van der Waals surface area contributed by atoms with Gasteiger partial charge in [0.25, 0.3) is 0 Å². The molecule has 0 spiro atoms. The second-order valence-corrected chi connectivity index (χ2v) is 25.3. The van der Waals surface area contributed by atoms with E-state index in [-0.39, 0.29) is 43.7 Å². The molecule has 1 saturated heterocycles. The van der Waals surface area contributed by atoms with E-state index < -0.39 is 85.4 Å². The average molecular weight is 1150 g/mol. The summed E-state index contributed by atoms with van der Waals surface area (Å²) in [6.45, 7) is 20.4. The van der Waals surface area contributed by atoms with Crippen LogP contribution in [0.2, 0.25) is 0 Å². The van der Waals surface area contributed by atoms with Crippen LogP contribution in [0.25, 0.3) is 22.3 Å². The van der Waals surface area contributed by atoms with Gasteiger partial charge in [0.1, 0.15) is 40.9 Å². The Kier molecular flexibility index (Phi) is 18.5. The third kappa shape index (κ3) is 15.0. The number of nitrogens with two attached hydrogens (primary N) is 1. The van der Waals surface area contributed by atoms with Crippen molar-refractivity contribution in [3.8, 4) is 34.4 Å². The molecule has 3 heterocycles. The zero-order valence-electron chi connectivity index (χ0n) is 46.4. The summed E-state index contributed by atoms with van der Waals surface area (Å²) >= 11 is 1.45. The van der Waals surface area contributed by atoms with Gasteiger partial charge in [-0.2, -0.15) is 22.0 Å². The van der Waals surface area contributed by atoms with Crippen molar-refractivity contribution in [1.29, 1.82) is 0 Å². The lowest BCUT2D eigenvalue weighted by molar-refractivity contribution is -0.156. The first-order valence-electron chi connectivity index (χ1n) is 26.2. The van der Waals surface area contributed by atoms with Gasteiger partial charge in [-0.25, -0.2) is 14.7 Å². The number of pyridine rings is 1. The van der Waals surface area contributed by atoms with E-state index >= 15 is 4.79 Å². The molecule has 1 aliphatic heterocycles. The van der Waals surface area contributed by atoms with Crippen LogP contribution in [0.5, 0.6) is 23.0 Å². The van der Waals surface area contributed by atoms with Crippen LogP contribution >= 0.6 is 11.3 Å². The zero-order valence-corrected chi connectivity index (χ0v) is 48.9. The topological polar surface area (TPSA) is 262 Å². The predicted octanol–water partition coefficient (Wildman–Crippen LogP) is 9.17. The van der Waals surface area contributed by atoms with Crippen LogP contribution in [-0.4, -0.2) is 93.2 Å². The molecule has 79 heavy (non-hydrogen) atoms. The first-order valence-corrected chi connectivity index (χ1v) is 30.0. The fraction of sp³-hybridized carbons (Fsp3) is 0.474. The van der Waals surface area contributed by atoms with Crippen LogP contribution in [0.4, 0.5) is 5.13 Å². The molecule has 22 heteroatoms. The van der Waals surface area contributed by atoms with Gasteiger partial charge >= 0.3 is 26.6 Å². The molecule has 8 rings (SSSR count). The number of esters is 1. The highest BCUT2D eigenvalue weighted by molar-refractivity contribution is 7.85. The first kappa shape index (κ1) is 60.0. The molecule has 19 nitrogen and oxygen atoms in total. The molecular formula is C57H72N6O13S3. The molecular weight excluding hydrogens is 1070 g/mol. The van der Waals surface area contributed by atoms with Crippen molar-refractivity contribution in [1.82, 2.24) is 19.6 Å². The van der Waals surface area contributed by atoms with Crippen LogP contribution in [0.1, 0.15) is 108 Å². The highest BCUT2D eigenvalue weighted by Crippen LogP contribution is 2.57. The predicted molar refractivity (Wildman–Crippen MR) is 302 cm³/mol. The Morgan fingerprint density at radius 2 is 1.51 bits per heavy atom. The molecule has 4 N–H and O–H groups in total. The molecule has 2 aromatic heterocycles.